The third-order valence-corrected chi connectivity index (χ3v) is 7.13. The fourth-order valence-electron chi connectivity index (χ4n) is 4.20. The van der Waals surface area contributed by atoms with Crippen molar-refractivity contribution in [1.29, 1.82) is 5.26 Å². The van der Waals surface area contributed by atoms with E-state index in [9.17, 15) is 10.1 Å². The van der Waals surface area contributed by atoms with Crippen molar-refractivity contribution in [3.8, 4) is 6.07 Å². The van der Waals surface area contributed by atoms with Gasteiger partial charge in [0.15, 0.2) is 5.71 Å². The number of allylic oxidation sites excluding steroid dienone is 2. The van der Waals surface area contributed by atoms with Crippen LogP contribution in [0.25, 0.3) is 0 Å². The first-order chi connectivity index (χ1) is 16.8. The Morgan fingerprint density at radius 2 is 2.17 bits per heavy atom. The van der Waals surface area contributed by atoms with Crippen molar-refractivity contribution in [1.82, 2.24) is 15.1 Å². The van der Waals surface area contributed by atoms with E-state index in [0.29, 0.717) is 0 Å². The number of aromatic nitrogens is 2. The molecule has 36 heavy (non-hydrogen) atoms. The van der Waals surface area contributed by atoms with E-state index in [1.165, 1.54) is 0 Å². The lowest BCUT2D eigenvalue weighted by atomic mass is 10.0. The third kappa shape index (κ3) is 7.13. The van der Waals surface area contributed by atoms with Crippen molar-refractivity contribution in [3.63, 3.8) is 0 Å². The molecule has 3 rings (SSSR count). The topological polar surface area (TPSA) is 104 Å². The van der Waals surface area contributed by atoms with Crippen LogP contribution in [0, 0.1) is 17.2 Å². The van der Waals surface area contributed by atoms with E-state index in [0.717, 1.165) is 55.7 Å². The summed E-state index contributed by atoms with van der Waals surface area (Å²) in [4.78, 5) is 16.5. The van der Waals surface area contributed by atoms with Gasteiger partial charge in [-0.3, -0.25) is 0 Å². The van der Waals surface area contributed by atoms with Crippen LogP contribution >= 0.6 is 11.6 Å². The number of nitrogens with zero attached hydrogens (tertiary/aromatic N) is 4. The summed E-state index contributed by atoms with van der Waals surface area (Å²) in [5.41, 5.74) is 1.57. The summed E-state index contributed by atoms with van der Waals surface area (Å²) in [6.07, 6.45) is 6.62. The molecule has 9 heteroatoms. The van der Waals surface area contributed by atoms with Crippen LogP contribution in [-0.4, -0.2) is 33.2 Å². The Bertz CT molecular complexity index is 1090. The van der Waals surface area contributed by atoms with Gasteiger partial charge >= 0.3 is 6.09 Å². The van der Waals surface area contributed by atoms with Crippen LogP contribution in [0.4, 0.5) is 10.6 Å². The minimum Gasteiger partial charge on any atom is -0.446 e. The number of carbonyl (C=O) groups excluding carboxylic acids is 1. The average Bonchev–Trinajstić information content (AvgIpc) is 3.16. The standard InChI is InChI=1S/C27H39ClN6O2/c1-8-17(2)23(16-30-22(15-29)18(3)28)31-24-14-21(33-34(24)26(4,5)6)19-9-10-20(13-19)36-25(35)32-27(7)11-12-27/h14,16-17,19-20,31H,3,8-13H2,1-2,4-7H3,(H,32,35)/b23-16+,30-22-. The maximum absolute atomic E-state index is 12.3. The molecule has 2 fully saturated rings. The summed E-state index contributed by atoms with van der Waals surface area (Å²) in [6.45, 7) is 16.2. The molecule has 1 aromatic heterocycles. The summed E-state index contributed by atoms with van der Waals surface area (Å²) in [6, 6.07) is 4.05. The minimum absolute atomic E-state index is 0.0843. The van der Waals surface area contributed by atoms with Crippen molar-refractivity contribution >= 4 is 29.2 Å². The van der Waals surface area contributed by atoms with Gasteiger partial charge < -0.3 is 15.4 Å². The van der Waals surface area contributed by atoms with Crippen LogP contribution in [-0.2, 0) is 10.3 Å². The molecule has 2 saturated carbocycles. The normalized spacial score (nSPS) is 22.5. The van der Waals surface area contributed by atoms with Crippen LogP contribution in [0.3, 0.4) is 0 Å². The molecule has 3 atom stereocenters. The number of alkyl carbamates (subject to hydrolysis) is 1. The first-order valence-corrected chi connectivity index (χ1v) is 13.1. The van der Waals surface area contributed by atoms with Crippen LogP contribution in [0.5, 0.6) is 0 Å². The smallest absolute Gasteiger partial charge is 0.407 e. The highest BCUT2D eigenvalue weighted by Gasteiger charge is 2.40. The molecule has 1 amide bonds. The van der Waals surface area contributed by atoms with E-state index in [4.69, 9.17) is 21.4 Å². The van der Waals surface area contributed by atoms with Gasteiger partial charge in [-0.15, -0.1) is 0 Å². The van der Waals surface area contributed by atoms with Crippen LogP contribution in [0.15, 0.2) is 34.6 Å². The molecule has 2 N–H and O–H groups in total. The first kappa shape index (κ1) is 27.8. The highest BCUT2D eigenvalue weighted by molar-refractivity contribution is 6.45. The van der Waals surface area contributed by atoms with Crippen LogP contribution in [0.1, 0.15) is 91.7 Å². The Morgan fingerprint density at radius 3 is 2.72 bits per heavy atom. The number of rotatable bonds is 9. The lowest BCUT2D eigenvalue weighted by molar-refractivity contribution is 0.0967. The Balaban J connectivity index is 1.80. The number of hydrogen-bond donors (Lipinski definition) is 2. The number of halogens is 1. The summed E-state index contributed by atoms with van der Waals surface area (Å²) < 4.78 is 7.70. The Hall–Kier alpha value is -2.79. The molecule has 0 bridgehead atoms. The van der Waals surface area contributed by atoms with Gasteiger partial charge in [0.25, 0.3) is 0 Å². The highest BCUT2D eigenvalue weighted by Crippen LogP contribution is 2.39. The molecule has 2 aliphatic carbocycles. The zero-order valence-electron chi connectivity index (χ0n) is 22.3. The van der Waals surface area contributed by atoms with Gasteiger partial charge in [-0.25, -0.2) is 14.5 Å². The minimum atomic E-state index is -0.316. The zero-order chi connectivity index (χ0) is 26.7. The fourth-order valence-corrected chi connectivity index (χ4v) is 4.29. The molecular weight excluding hydrogens is 476 g/mol. The van der Waals surface area contributed by atoms with E-state index >= 15 is 0 Å². The molecule has 3 unspecified atom stereocenters. The quantitative estimate of drug-likeness (QED) is 0.362. The number of anilines is 1. The number of ether oxygens (including phenoxy) is 1. The monoisotopic (exact) mass is 514 g/mol. The van der Waals surface area contributed by atoms with E-state index in [1.807, 2.05) is 17.7 Å². The lowest BCUT2D eigenvalue weighted by Gasteiger charge is -2.24. The second-order valence-electron chi connectivity index (χ2n) is 11.3. The van der Waals surface area contributed by atoms with Crippen molar-refractivity contribution < 1.29 is 9.53 Å². The average molecular weight is 515 g/mol. The lowest BCUT2D eigenvalue weighted by Crippen LogP contribution is -2.36. The maximum atomic E-state index is 12.3. The molecule has 1 heterocycles. The third-order valence-electron chi connectivity index (χ3n) is 6.96. The number of hydrogen-bond acceptors (Lipinski definition) is 6. The van der Waals surface area contributed by atoms with Gasteiger partial charge in [-0.1, -0.05) is 32.0 Å². The molecular formula is C27H39ClN6O2. The zero-order valence-corrected chi connectivity index (χ0v) is 23.1. The molecule has 2 aliphatic rings. The Labute approximate surface area is 219 Å². The Kier molecular flexibility index (Phi) is 8.55. The van der Waals surface area contributed by atoms with Crippen molar-refractivity contribution in [3.05, 3.63) is 35.3 Å². The van der Waals surface area contributed by atoms with Gasteiger partial charge in [-0.2, -0.15) is 10.4 Å². The number of nitriles is 1. The largest absolute Gasteiger partial charge is 0.446 e. The molecule has 0 aliphatic heterocycles. The molecule has 0 spiro atoms. The van der Waals surface area contributed by atoms with E-state index in [1.54, 1.807) is 6.20 Å². The predicted molar refractivity (Wildman–Crippen MR) is 144 cm³/mol. The SMILES string of the molecule is C=C(Cl)/C(C#N)=N\C=C(\Nc1cc(C2CCC(OC(=O)NC3(C)CC3)C2)nn1C(C)(C)C)C(C)CC. The molecule has 0 radical (unpaired) electrons. The first-order valence-electron chi connectivity index (χ1n) is 12.7. The summed E-state index contributed by atoms with van der Waals surface area (Å²) in [5.74, 6) is 1.23. The maximum Gasteiger partial charge on any atom is 0.407 e. The highest BCUT2D eigenvalue weighted by atomic mass is 35.5. The molecule has 1 aromatic rings. The molecule has 0 aromatic carbocycles. The number of carbonyl (C=O) groups is 1. The van der Waals surface area contributed by atoms with Crippen molar-refractivity contribution in [2.24, 2.45) is 10.9 Å². The summed E-state index contributed by atoms with van der Waals surface area (Å²) in [5, 5.41) is 20.9. The number of amides is 1. The van der Waals surface area contributed by atoms with E-state index in [2.05, 4.69) is 62.9 Å². The van der Waals surface area contributed by atoms with Crippen LogP contribution in [0.2, 0.25) is 0 Å². The summed E-state index contributed by atoms with van der Waals surface area (Å²) in [7, 11) is 0. The van der Waals surface area contributed by atoms with Gasteiger partial charge in [0.2, 0.25) is 0 Å². The van der Waals surface area contributed by atoms with Gasteiger partial charge in [0.1, 0.15) is 18.0 Å². The van der Waals surface area contributed by atoms with E-state index < -0.39 is 0 Å². The van der Waals surface area contributed by atoms with Gasteiger partial charge in [0, 0.05) is 29.4 Å². The number of aliphatic imine (C=N–C) groups is 1. The van der Waals surface area contributed by atoms with Crippen molar-refractivity contribution in [2.75, 3.05) is 5.32 Å². The second kappa shape index (κ2) is 11.1. The Morgan fingerprint density at radius 1 is 1.47 bits per heavy atom. The summed E-state index contributed by atoms with van der Waals surface area (Å²) >= 11 is 5.89. The van der Waals surface area contributed by atoms with Crippen molar-refractivity contribution in [2.45, 2.75) is 103 Å². The van der Waals surface area contributed by atoms with Gasteiger partial charge in [0.05, 0.1) is 16.3 Å². The fraction of sp³-hybridized carbons (Fsp3) is 0.630. The number of nitrogens with one attached hydrogen (secondary N) is 2. The van der Waals surface area contributed by atoms with E-state index in [-0.39, 0.29) is 45.9 Å². The molecule has 0 saturated heterocycles. The molecule has 196 valence electrons. The predicted octanol–water partition coefficient (Wildman–Crippen LogP) is 6.57. The van der Waals surface area contributed by atoms with Crippen LogP contribution < -0.4 is 10.6 Å². The van der Waals surface area contributed by atoms with Gasteiger partial charge in [-0.05, 0) is 72.1 Å². The molecule has 8 nitrogen and oxygen atoms in total. The second-order valence-corrected chi connectivity index (χ2v) is 11.7.